The van der Waals surface area contributed by atoms with Gasteiger partial charge in [0.25, 0.3) is 11.5 Å². The number of nitrogens with one attached hydrogen (secondary N) is 2. The molecule has 3 aromatic heterocycles. The largest absolute Gasteiger partial charge is 0.384 e. The summed E-state index contributed by atoms with van der Waals surface area (Å²) in [6.45, 7) is 12.0. The van der Waals surface area contributed by atoms with Crippen molar-refractivity contribution in [2.24, 2.45) is 5.92 Å². The standard InChI is InChI=1S/C51H60N12O5/c1-51(68)20-3-2-4-21-62-49(67)41-31-52-50(56-46(41)63(62)44-7-5-6-43(51)54-44)53-36-8-10-37(11-9-36)59-26-28-60(29-27-59)38-18-22-57(23-19-38)32-34-16-24-58(25-17-34)39-12-13-40-35(30-39)33-61(48(40)66)42-14-15-45(64)55-47(42)65/h2,4-13,30-31,34,38,42,68H,3,14-29,32-33H2,1H3,(H,52,53,56)(H,55,64,65)/b4-2-/t42?,51-/m1/s1. The zero-order valence-electron chi connectivity index (χ0n) is 38.7. The predicted molar refractivity (Wildman–Crippen MR) is 259 cm³/mol. The van der Waals surface area contributed by atoms with Crippen molar-refractivity contribution >= 4 is 51.8 Å². The minimum atomic E-state index is -1.12. The molecule has 0 aliphatic carbocycles. The van der Waals surface area contributed by atoms with E-state index < -0.39 is 11.6 Å². The Bertz CT molecular complexity index is 2810. The van der Waals surface area contributed by atoms with Crippen LogP contribution in [0, 0.1) is 5.92 Å². The molecule has 4 saturated heterocycles. The molecule has 5 aromatic rings. The molecule has 17 nitrogen and oxygen atoms in total. The van der Waals surface area contributed by atoms with Crippen molar-refractivity contribution in [3.63, 3.8) is 0 Å². The lowest BCUT2D eigenvalue weighted by molar-refractivity contribution is -0.136. The molecule has 0 radical (unpaired) electrons. The number of rotatable bonds is 8. The third-order valence-electron chi connectivity index (χ3n) is 15.3. The minimum Gasteiger partial charge on any atom is -0.384 e. The highest BCUT2D eigenvalue weighted by atomic mass is 16.3. The Morgan fingerprint density at radius 1 is 0.824 bits per heavy atom. The number of aromatic nitrogens is 5. The number of piperidine rings is 3. The van der Waals surface area contributed by atoms with Gasteiger partial charge in [-0.2, -0.15) is 4.98 Å². The van der Waals surface area contributed by atoms with Gasteiger partial charge >= 0.3 is 0 Å². The highest BCUT2D eigenvalue weighted by Crippen LogP contribution is 2.34. The zero-order chi connectivity index (χ0) is 46.5. The number of carbonyl (C=O) groups is 3. The molecular weight excluding hydrogens is 861 g/mol. The number of benzene rings is 2. The monoisotopic (exact) mass is 920 g/mol. The molecule has 3 amide bonds. The molecule has 68 heavy (non-hydrogen) atoms. The second-order valence-corrected chi connectivity index (χ2v) is 19.7. The van der Waals surface area contributed by atoms with E-state index in [9.17, 15) is 24.3 Å². The topological polar surface area (TPSA) is 177 Å². The number of likely N-dealkylation sites (tertiary alicyclic amines) is 1. The molecule has 1 unspecified atom stereocenters. The van der Waals surface area contributed by atoms with E-state index in [-0.39, 0.29) is 29.7 Å². The summed E-state index contributed by atoms with van der Waals surface area (Å²) in [5, 5.41) is 17.3. The lowest BCUT2D eigenvalue weighted by Crippen LogP contribution is -2.53. The summed E-state index contributed by atoms with van der Waals surface area (Å²) in [5.41, 5.74) is 4.48. The van der Waals surface area contributed by atoms with Gasteiger partial charge in [-0.3, -0.25) is 29.4 Å². The highest BCUT2D eigenvalue weighted by Gasteiger charge is 2.39. The molecule has 0 spiro atoms. The smallest absolute Gasteiger partial charge is 0.278 e. The van der Waals surface area contributed by atoms with Gasteiger partial charge < -0.3 is 30.0 Å². The van der Waals surface area contributed by atoms with Crippen LogP contribution in [-0.2, 0) is 28.3 Å². The molecule has 2 aromatic carbocycles. The van der Waals surface area contributed by atoms with Crippen LogP contribution in [0.2, 0.25) is 0 Å². The van der Waals surface area contributed by atoms with Crippen molar-refractivity contribution in [1.29, 1.82) is 0 Å². The maximum Gasteiger partial charge on any atom is 0.278 e. The van der Waals surface area contributed by atoms with Gasteiger partial charge in [0.15, 0.2) is 11.5 Å². The normalized spacial score (nSPS) is 23.9. The van der Waals surface area contributed by atoms with Gasteiger partial charge in [0, 0.05) is 93.6 Å². The molecule has 2 atom stereocenters. The van der Waals surface area contributed by atoms with Crippen molar-refractivity contribution < 1.29 is 19.5 Å². The Labute approximate surface area is 395 Å². The van der Waals surface area contributed by atoms with Gasteiger partial charge in [-0.25, -0.2) is 19.3 Å². The average Bonchev–Trinajstić information content (AvgIpc) is 3.82. The van der Waals surface area contributed by atoms with E-state index in [1.165, 1.54) is 18.5 Å². The molecular formula is C51H60N12O5. The van der Waals surface area contributed by atoms with E-state index in [0.717, 1.165) is 88.7 Å². The van der Waals surface area contributed by atoms with Gasteiger partial charge in [0.1, 0.15) is 17.0 Å². The summed E-state index contributed by atoms with van der Waals surface area (Å²) in [6, 6.07) is 20.0. The van der Waals surface area contributed by atoms with Gasteiger partial charge in [-0.05, 0) is 131 Å². The quantitative estimate of drug-likeness (QED) is 0.146. The predicted octanol–water partition coefficient (Wildman–Crippen LogP) is 4.54. The summed E-state index contributed by atoms with van der Waals surface area (Å²) < 4.78 is 3.34. The molecule has 3 N–H and O–H groups in total. The summed E-state index contributed by atoms with van der Waals surface area (Å²) in [7, 11) is 0. The number of carbonyl (C=O) groups excluding carboxylic acids is 3. The van der Waals surface area contributed by atoms with Crippen LogP contribution < -0.4 is 26.0 Å². The Kier molecular flexibility index (Phi) is 11.8. The number of allylic oxidation sites excluding steroid dienone is 2. The maximum absolute atomic E-state index is 13.6. The molecule has 354 valence electrons. The Morgan fingerprint density at radius 3 is 2.37 bits per heavy atom. The number of pyridine rings is 1. The number of nitrogens with zero attached hydrogens (tertiary/aromatic N) is 10. The maximum atomic E-state index is 13.6. The molecule has 11 rings (SSSR count). The molecule has 0 saturated carbocycles. The van der Waals surface area contributed by atoms with E-state index in [1.54, 1.807) is 27.4 Å². The number of hydrogen-bond acceptors (Lipinski definition) is 13. The van der Waals surface area contributed by atoms with Crippen molar-refractivity contribution in [3.05, 3.63) is 106 Å². The van der Waals surface area contributed by atoms with E-state index >= 15 is 0 Å². The average molecular weight is 921 g/mol. The number of amides is 3. The molecule has 17 heteroatoms. The first-order valence-corrected chi connectivity index (χ1v) is 24.5. The molecule has 2 bridgehead atoms. The number of aliphatic hydroxyl groups is 1. The Hall–Kier alpha value is -6.43. The Morgan fingerprint density at radius 2 is 1.59 bits per heavy atom. The lowest BCUT2D eigenvalue weighted by Gasteiger charge is -2.44. The van der Waals surface area contributed by atoms with Gasteiger partial charge in [-0.1, -0.05) is 18.2 Å². The van der Waals surface area contributed by atoms with E-state index in [2.05, 4.69) is 71.6 Å². The minimum absolute atomic E-state index is 0.124. The van der Waals surface area contributed by atoms with Crippen LogP contribution in [-0.4, -0.2) is 133 Å². The molecule has 4 fully saturated rings. The third kappa shape index (κ3) is 8.66. The van der Waals surface area contributed by atoms with Crippen molar-refractivity contribution in [2.75, 3.05) is 74.0 Å². The summed E-state index contributed by atoms with van der Waals surface area (Å²) in [4.78, 5) is 77.1. The summed E-state index contributed by atoms with van der Waals surface area (Å²) >= 11 is 0. The van der Waals surface area contributed by atoms with Crippen LogP contribution in [0.25, 0.3) is 16.9 Å². The lowest BCUT2D eigenvalue weighted by atomic mass is 9.94. The van der Waals surface area contributed by atoms with Crippen LogP contribution >= 0.6 is 0 Å². The fourth-order valence-electron chi connectivity index (χ4n) is 11.3. The van der Waals surface area contributed by atoms with Crippen molar-refractivity contribution in [3.8, 4) is 5.82 Å². The SMILES string of the molecule is C[C@@]1(O)CC/C=C\Cn2c(=O)c3cnc(Nc4ccc(N5CCN(C6CCN(CC7CCN(c8ccc9c(c8)CN(C8CCC(=O)NC8=O)C9=O)CC7)CC6)CC5)cc4)nc3n2-c2cccc1n2. The molecule has 6 aliphatic rings. The summed E-state index contributed by atoms with van der Waals surface area (Å²) in [6.07, 6.45) is 12.0. The first kappa shape index (κ1) is 44.1. The fourth-order valence-corrected chi connectivity index (χ4v) is 11.3. The first-order valence-electron chi connectivity index (χ1n) is 24.5. The zero-order valence-corrected chi connectivity index (χ0v) is 38.7. The van der Waals surface area contributed by atoms with Crippen LogP contribution in [0.5, 0.6) is 0 Å². The highest BCUT2D eigenvalue weighted by molar-refractivity contribution is 6.05. The van der Waals surface area contributed by atoms with Crippen LogP contribution in [0.3, 0.4) is 0 Å². The first-order chi connectivity index (χ1) is 33.0. The van der Waals surface area contributed by atoms with E-state index in [1.807, 2.05) is 36.4 Å². The van der Waals surface area contributed by atoms with Crippen LogP contribution in [0.15, 0.2) is 83.8 Å². The molecule has 9 heterocycles. The van der Waals surface area contributed by atoms with Gasteiger partial charge in [-0.15, -0.1) is 0 Å². The van der Waals surface area contributed by atoms with Gasteiger partial charge in [0.2, 0.25) is 17.8 Å². The second-order valence-electron chi connectivity index (χ2n) is 19.7. The van der Waals surface area contributed by atoms with Crippen LogP contribution in [0.4, 0.5) is 23.0 Å². The number of anilines is 4. The Balaban J connectivity index is 0.643. The van der Waals surface area contributed by atoms with Crippen LogP contribution in [0.1, 0.15) is 79.9 Å². The van der Waals surface area contributed by atoms with Crippen molar-refractivity contribution in [2.45, 2.75) is 89.1 Å². The van der Waals surface area contributed by atoms with E-state index in [4.69, 9.17) is 9.97 Å². The number of fused-ring (bicyclic) bond motifs is 7. The number of hydrogen-bond donors (Lipinski definition) is 3. The fraction of sp³-hybridized carbons (Fsp3) is 0.471. The van der Waals surface area contributed by atoms with Gasteiger partial charge in [0.05, 0.1) is 12.2 Å². The third-order valence-corrected chi connectivity index (χ3v) is 15.3. The van der Waals surface area contributed by atoms with Crippen molar-refractivity contribution in [1.82, 2.24) is 44.3 Å². The number of imide groups is 1. The van der Waals surface area contributed by atoms with E-state index in [0.29, 0.717) is 78.4 Å². The summed E-state index contributed by atoms with van der Waals surface area (Å²) in [5.74, 6) is 0.792. The molecule has 6 aliphatic heterocycles. The second kappa shape index (κ2) is 18.2. The number of piperazine rings is 1.